The molecule has 0 saturated carbocycles. The van der Waals surface area contributed by atoms with Gasteiger partial charge in [-0.2, -0.15) is 0 Å². The topological polar surface area (TPSA) is 76.0 Å². The van der Waals surface area contributed by atoms with E-state index in [-0.39, 0.29) is 6.61 Å². The minimum absolute atomic E-state index is 0.129. The number of hydrogen-bond acceptors (Lipinski definition) is 4. The first-order chi connectivity index (χ1) is 6.67. The van der Waals surface area contributed by atoms with Gasteiger partial charge >= 0.3 is 5.97 Å². The van der Waals surface area contributed by atoms with Gasteiger partial charge in [0, 0.05) is 0 Å². The van der Waals surface area contributed by atoms with Crippen molar-refractivity contribution in [2.45, 2.75) is 43.6 Å². The fraction of sp³-hybridized carbons (Fsp3) is 0.889. The lowest BCUT2D eigenvalue weighted by Gasteiger charge is -2.28. The summed E-state index contributed by atoms with van der Waals surface area (Å²) in [5, 5.41) is 18.6. The van der Waals surface area contributed by atoms with Gasteiger partial charge in [-0.1, -0.05) is 0 Å². The summed E-state index contributed by atoms with van der Waals surface area (Å²) in [5.74, 6) is -2.10. The van der Waals surface area contributed by atoms with Crippen LogP contribution in [0.5, 0.6) is 0 Å². The molecule has 1 aliphatic heterocycles. The highest BCUT2D eigenvalue weighted by atomic mass is 35.5. The lowest BCUT2D eigenvalue weighted by atomic mass is 9.99. The fourth-order valence-corrected chi connectivity index (χ4v) is 1.49. The van der Waals surface area contributed by atoms with Gasteiger partial charge in [-0.3, -0.25) is 4.79 Å². The lowest BCUT2D eigenvalue weighted by Crippen LogP contribution is -2.49. The van der Waals surface area contributed by atoms with Crippen molar-refractivity contribution in [3.8, 4) is 0 Å². The third kappa shape index (κ3) is 2.60. The zero-order valence-electron chi connectivity index (χ0n) is 8.86. The summed E-state index contributed by atoms with van der Waals surface area (Å²) in [6.07, 6.45) is -2.04. The van der Waals surface area contributed by atoms with E-state index in [1.165, 1.54) is 6.92 Å². The number of aliphatic hydroxyl groups excluding tert-OH is 1. The minimum atomic E-state index is -1.77. The first-order valence-corrected chi connectivity index (χ1v) is 4.97. The Kier molecular flexibility index (Phi) is 3.30. The lowest BCUT2D eigenvalue weighted by molar-refractivity contribution is -0.161. The zero-order valence-corrected chi connectivity index (χ0v) is 9.61. The molecular weight excluding hydrogens is 224 g/mol. The summed E-state index contributed by atoms with van der Waals surface area (Å²) >= 11 is 5.71. The Morgan fingerprint density at radius 2 is 2.20 bits per heavy atom. The minimum Gasteiger partial charge on any atom is -0.480 e. The smallest absolute Gasteiger partial charge is 0.327 e. The van der Waals surface area contributed by atoms with E-state index in [1.54, 1.807) is 13.8 Å². The molecule has 2 N–H and O–H groups in total. The number of aliphatic carboxylic acids is 1. The van der Waals surface area contributed by atoms with Crippen LogP contribution in [0.2, 0.25) is 0 Å². The Morgan fingerprint density at radius 3 is 2.53 bits per heavy atom. The number of halogens is 1. The van der Waals surface area contributed by atoms with Crippen molar-refractivity contribution < 1.29 is 24.5 Å². The Labute approximate surface area is 92.9 Å². The molecule has 0 aliphatic carbocycles. The molecule has 3 atom stereocenters. The second kappa shape index (κ2) is 3.90. The number of carboxylic acids is 1. The number of ether oxygens (including phenoxy) is 2. The van der Waals surface area contributed by atoms with Crippen molar-refractivity contribution in [3.63, 3.8) is 0 Å². The third-order valence-corrected chi connectivity index (χ3v) is 2.74. The molecule has 0 bridgehead atoms. The van der Waals surface area contributed by atoms with Crippen LogP contribution in [0.3, 0.4) is 0 Å². The number of hydrogen-bond donors (Lipinski definition) is 2. The van der Waals surface area contributed by atoms with Crippen LogP contribution in [0.25, 0.3) is 0 Å². The van der Waals surface area contributed by atoms with Crippen LogP contribution in [0.1, 0.15) is 20.8 Å². The van der Waals surface area contributed by atoms with Crippen LogP contribution >= 0.6 is 11.6 Å². The number of carbonyl (C=O) groups is 1. The van der Waals surface area contributed by atoms with Gasteiger partial charge in [0.05, 0.1) is 6.61 Å². The fourth-order valence-electron chi connectivity index (χ4n) is 1.35. The number of carboxylic acid groups (broad SMARTS) is 1. The van der Waals surface area contributed by atoms with Crippen molar-refractivity contribution in [2.24, 2.45) is 0 Å². The molecule has 1 fully saturated rings. The van der Waals surface area contributed by atoms with E-state index in [4.69, 9.17) is 26.2 Å². The summed E-state index contributed by atoms with van der Waals surface area (Å²) in [6.45, 7) is 4.73. The molecule has 0 amide bonds. The van der Waals surface area contributed by atoms with Crippen LogP contribution < -0.4 is 0 Å². The molecule has 1 saturated heterocycles. The van der Waals surface area contributed by atoms with Crippen LogP contribution in [0.15, 0.2) is 0 Å². The highest BCUT2D eigenvalue weighted by Crippen LogP contribution is 2.31. The molecule has 2 unspecified atom stereocenters. The Hall–Kier alpha value is -0.360. The van der Waals surface area contributed by atoms with Crippen molar-refractivity contribution in [1.82, 2.24) is 0 Å². The highest BCUT2D eigenvalue weighted by Gasteiger charge is 2.48. The average molecular weight is 239 g/mol. The molecule has 5 nitrogen and oxygen atoms in total. The SMILES string of the molecule is CC1(C)OC[C@H](C(O)C(C)(Cl)C(=O)O)O1. The summed E-state index contributed by atoms with van der Waals surface area (Å²) in [7, 11) is 0. The Morgan fingerprint density at radius 1 is 1.67 bits per heavy atom. The summed E-state index contributed by atoms with van der Waals surface area (Å²) < 4.78 is 10.5. The van der Waals surface area contributed by atoms with E-state index in [2.05, 4.69) is 0 Å². The normalized spacial score (nSPS) is 30.9. The van der Waals surface area contributed by atoms with Crippen molar-refractivity contribution in [3.05, 3.63) is 0 Å². The molecule has 1 heterocycles. The maximum atomic E-state index is 10.8. The van der Waals surface area contributed by atoms with Gasteiger partial charge in [0.15, 0.2) is 10.7 Å². The van der Waals surface area contributed by atoms with E-state index in [0.717, 1.165) is 0 Å². The average Bonchev–Trinajstić information content (AvgIpc) is 2.44. The monoisotopic (exact) mass is 238 g/mol. The summed E-state index contributed by atoms with van der Waals surface area (Å²) in [5.41, 5.74) is 0. The van der Waals surface area contributed by atoms with E-state index in [0.29, 0.717) is 0 Å². The predicted octanol–water partition coefficient (Wildman–Crippen LogP) is 0.581. The summed E-state index contributed by atoms with van der Waals surface area (Å²) in [6, 6.07) is 0. The van der Waals surface area contributed by atoms with E-state index in [1.807, 2.05) is 0 Å². The number of rotatable bonds is 3. The quantitative estimate of drug-likeness (QED) is 0.704. The summed E-state index contributed by atoms with van der Waals surface area (Å²) in [4.78, 5) is 9.02. The van der Waals surface area contributed by atoms with Crippen molar-refractivity contribution in [2.75, 3.05) is 6.61 Å². The van der Waals surface area contributed by atoms with Gasteiger partial charge in [-0.15, -0.1) is 11.6 Å². The van der Waals surface area contributed by atoms with Gasteiger partial charge in [-0.05, 0) is 20.8 Å². The Balaban J connectivity index is 2.70. The third-order valence-electron chi connectivity index (χ3n) is 2.36. The van der Waals surface area contributed by atoms with E-state index < -0.39 is 28.8 Å². The molecule has 0 spiro atoms. The maximum absolute atomic E-state index is 10.8. The molecule has 1 aliphatic rings. The van der Waals surface area contributed by atoms with Crippen LogP contribution in [-0.2, 0) is 14.3 Å². The number of alkyl halides is 1. The second-order valence-electron chi connectivity index (χ2n) is 4.19. The maximum Gasteiger partial charge on any atom is 0.327 e. The van der Waals surface area contributed by atoms with Gasteiger partial charge < -0.3 is 19.7 Å². The highest BCUT2D eigenvalue weighted by molar-refractivity contribution is 6.34. The molecular formula is C9H15ClO5. The molecule has 0 aromatic rings. The van der Waals surface area contributed by atoms with Gasteiger partial charge in [0.2, 0.25) is 0 Å². The first kappa shape index (κ1) is 12.7. The molecule has 6 heteroatoms. The molecule has 0 aromatic heterocycles. The molecule has 1 rings (SSSR count). The van der Waals surface area contributed by atoms with Gasteiger partial charge in [0.1, 0.15) is 12.2 Å². The van der Waals surface area contributed by atoms with Crippen molar-refractivity contribution >= 4 is 17.6 Å². The molecule has 0 aromatic carbocycles. The molecule has 88 valence electrons. The first-order valence-electron chi connectivity index (χ1n) is 4.59. The standard InChI is InChI=1S/C9H15ClO5/c1-8(2)14-4-5(15-8)6(11)9(3,10)7(12)13/h5-6,11H,4H2,1-3H3,(H,12,13)/t5-,6?,9?/m1/s1. The molecule has 0 radical (unpaired) electrons. The van der Waals surface area contributed by atoms with E-state index in [9.17, 15) is 9.90 Å². The van der Waals surface area contributed by atoms with E-state index >= 15 is 0 Å². The van der Waals surface area contributed by atoms with Crippen LogP contribution in [0, 0.1) is 0 Å². The van der Waals surface area contributed by atoms with Gasteiger partial charge in [0.25, 0.3) is 0 Å². The zero-order chi connectivity index (χ0) is 11.9. The second-order valence-corrected chi connectivity index (χ2v) is 4.98. The predicted molar refractivity (Wildman–Crippen MR) is 52.8 cm³/mol. The van der Waals surface area contributed by atoms with Gasteiger partial charge in [-0.25, -0.2) is 0 Å². The Bertz CT molecular complexity index is 263. The van der Waals surface area contributed by atoms with Crippen molar-refractivity contribution in [1.29, 1.82) is 0 Å². The molecule has 15 heavy (non-hydrogen) atoms. The number of aliphatic hydroxyl groups is 1. The van der Waals surface area contributed by atoms with Crippen LogP contribution in [-0.4, -0.2) is 45.7 Å². The largest absolute Gasteiger partial charge is 0.480 e. The van der Waals surface area contributed by atoms with Crippen LogP contribution in [0.4, 0.5) is 0 Å².